The average Bonchev–Trinajstić information content (AvgIpc) is 1.83. The fourth-order valence-corrected chi connectivity index (χ4v) is 0.534. The zero-order valence-electron chi connectivity index (χ0n) is 5.61. The predicted octanol–water partition coefficient (Wildman–Crippen LogP) is 1.15. The second-order valence-corrected chi connectivity index (χ2v) is 1.92. The second-order valence-electron chi connectivity index (χ2n) is 1.92. The molecule has 0 aliphatic heterocycles. The van der Waals surface area contributed by atoms with Gasteiger partial charge in [0.2, 0.25) is 0 Å². The molecule has 0 aromatic heterocycles. The first-order valence-electron chi connectivity index (χ1n) is 3.14. The Balaban J connectivity index is 2.86. The Hall–Kier alpha value is -0.0800. The van der Waals surface area contributed by atoms with Gasteiger partial charge in [-0.2, -0.15) is 0 Å². The maximum absolute atomic E-state index is 10.5. The van der Waals surface area contributed by atoms with Gasteiger partial charge in [-0.25, -0.2) is 5.11 Å². The smallest absolute Gasteiger partial charge is 0.143 e. The first-order valence-corrected chi connectivity index (χ1v) is 3.14. The Morgan fingerprint density at radius 3 is 2.62 bits per heavy atom. The van der Waals surface area contributed by atoms with Gasteiger partial charge < -0.3 is 0 Å². The summed E-state index contributed by atoms with van der Waals surface area (Å²) in [5.74, 6) is 0. The van der Waals surface area contributed by atoms with Crippen LogP contribution in [0.1, 0.15) is 26.2 Å². The molecule has 2 heteroatoms. The number of hydrogen-bond acceptors (Lipinski definition) is 1. The van der Waals surface area contributed by atoms with E-state index in [0.29, 0.717) is 0 Å². The van der Waals surface area contributed by atoms with Crippen molar-refractivity contribution in [1.82, 2.24) is 5.32 Å². The van der Waals surface area contributed by atoms with E-state index in [1.165, 1.54) is 0 Å². The van der Waals surface area contributed by atoms with Crippen molar-refractivity contribution in [3.8, 4) is 0 Å². The molecule has 0 fully saturated rings. The molecular formula is C6H14NO. The fourth-order valence-electron chi connectivity index (χ4n) is 0.534. The van der Waals surface area contributed by atoms with Gasteiger partial charge in [0.25, 0.3) is 0 Å². The largest absolute Gasteiger partial charge is 0.293 e. The lowest BCUT2D eigenvalue weighted by molar-refractivity contribution is 0.0567. The lowest BCUT2D eigenvalue weighted by Gasteiger charge is -2.02. The Labute approximate surface area is 50.9 Å². The van der Waals surface area contributed by atoms with Crippen molar-refractivity contribution in [1.29, 1.82) is 0 Å². The van der Waals surface area contributed by atoms with Gasteiger partial charge in [0, 0.05) is 0 Å². The second kappa shape index (κ2) is 5.06. The highest BCUT2D eigenvalue weighted by Gasteiger charge is 1.97. The fraction of sp³-hybridized carbons (Fsp3) is 1.00. The SMILES string of the molecule is CCCCC([O])NC. The van der Waals surface area contributed by atoms with Crippen LogP contribution in [0.5, 0.6) is 0 Å². The lowest BCUT2D eigenvalue weighted by Crippen LogP contribution is -2.22. The predicted molar refractivity (Wildman–Crippen MR) is 33.1 cm³/mol. The van der Waals surface area contributed by atoms with E-state index < -0.39 is 6.23 Å². The molecule has 0 aliphatic rings. The molecule has 1 radical (unpaired) electrons. The van der Waals surface area contributed by atoms with Crippen molar-refractivity contribution in [2.24, 2.45) is 0 Å². The number of rotatable bonds is 4. The molecule has 0 heterocycles. The summed E-state index contributed by atoms with van der Waals surface area (Å²) >= 11 is 0. The van der Waals surface area contributed by atoms with Crippen LogP contribution in [0, 0.1) is 0 Å². The maximum atomic E-state index is 10.5. The minimum absolute atomic E-state index is 0.546. The first-order chi connectivity index (χ1) is 3.81. The molecule has 1 atom stereocenters. The Kier molecular flexibility index (Phi) is 5.01. The van der Waals surface area contributed by atoms with Crippen molar-refractivity contribution in [3.63, 3.8) is 0 Å². The van der Waals surface area contributed by atoms with E-state index in [9.17, 15) is 5.11 Å². The standard InChI is InChI=1S/C6H14NO/c1-3-4-5-6(8)7-2/h6-7H,3-5H2,1-2H3. The van der Waals surface area contributed by atoms with Gasteiger partial charge in [0.1, 0.15) is 6.23 Å². The molecule has 0 spiro atoms. The summed E-state index contributed by atoms with van der Waals surface area (Å²) < 4.78 is 0. The van der Waals surface area contributed by atoms with Crippen LogP contribution in [0.3, 0.4) is 0 Å². The molecule has 0 saturated heterocycles. The molecule has 0 saturated carbocycles. The van der Waals surface area contributed by atoms with Crippen LogP contribution in [0.25, 0.3) is 0 Å². The average molecular weight is 116 g/mol. The third-order valence-corrected chi connectivity index (χ3v) is 1.14. The number of nitrogens with one attached hydrogen (secondary N) is 1. The van der Waals surface area contributed by atoms with E-state index in [2.05, 4.69) is 12.2 Å². The topological polar surface area (TPSA) is 31.9 Å². The third kappa shape index (κ3) is 4.09. The van der Waals surface area contributed by atoms with Crippen molar-refractivity contribution in [3.05, 3.63) is 0 Å². The molecule has 0 bridgehead atoms. The van der Waals surface area contributed by atoms with Gasteiger partial charge in [-0.15, -0.1) is 0 Å². The summed E-state index contributed by atoms with van der Waals surface area (Å²) in [6.07, 6.45) is 2.36. The van der Waals surface area contributed by atoms with E-state index >= 15 is 0 Å². The van der Waals surface area contributed by atoms with Crippen LogP contribution in [0.15, 0.2) is 0 Å². The summed E-state index contributed by atoms with van der Waals surface area (Å²) in [6, 6.07) is 0. The van der Waals surface area contributed by atoms with Crippen LogP contribution in [0.2, 0.25) is 0 Å². The molecule has 49 valence electrons. The molecule has 0 rings (SSSR count). The van der Waals surface area contributed by atoms with Crippen molar-refractivity contribution >= 4 is 0 Å². The van der Waals surface area contributed by atoms with Gasteiger partial charge in [-0.1, -0.05) is 13.3 Å². The minimum Gasteiger partial charge on any atom is -0.293 e. The minimum atomic E-state index is -0.546. The zero-order chi connectivity index (χ0) is 6.41. The summed E-state index contributed by atoms with van der Waals surface area (Å²) in [4.78, 5) is 0. The van der Waals surface area contributed by atoms with Crippen molar-refractivity contribution < 1.29 is 5.11 Å². The van der Waals surface area contributed by atoms with Crippen LogP contribution in [-0.4, -0.2) is 13.3 Å². The Bertz CT molecular complexity index is 47.8. The molecule has 0 amide bonds. The number of hydrogen-bond donors (Lipinski definition) is 1. The number of unbranched alkanes of at least 4 members (excludes halogenated alkanes) is 1. The van der Waals surface area contributed by atoms with E-state index in [-0.39, 0.29) is 0 Å². The summed E-state index contributed by atoms with van der Waals surface area (Å²) in [5.41, 5.74) is 0. The van der Waals surface area contributed by atoms with Crippen LogP contribution in [0.4, 0.5) is 0 Å². The van der Waals surface area contributed by atoms with E-state index in [1.54, 1.807) is 7.05 Å². The van der Waals surface area contributed by atoms with Gasteiger partial charge in [0.15, 0.2) is 0 Å². The first kappa shape index (κ1) is 7.92. The monoisotopic (exact) mass is 116 g/mol. The molecule has 0 aromatic carbocycles. The summed E-state index contributed by atoms with van der Waals surface area (Å²) in [7, 11) is 1.70. The van der Waals surface area contributed by atoms with E-state index in [0.717, 1.165) is 19.3 Å². The van der Waals surface area contributed by atoms with Crippen LogP contribution in [-0.2, 0) is 5.11 Å². The molecule has 2 nitrogen and oxygen atoms in total. The van der Waals surface area contributed by atoms with Crippen LogP contribution < -0.4 is 5.32 Å². The molecule has 1 unspecified atom stereocenters. The highest BCUT2D eigenvalue weighted by atomic mass is 16.3. The van der Waals surface area contributed by atoms with Gasteiger partial charge >= 0.3 is 0 Å². The van der Waals surface area contributed by atoms with Crippen LogP contribution >= 0.6 is 0 Å². The molecular weight excluding hydrogens is 102 g/mol. The molecule has 8 heavy (non-hydrogen) atoms. The van der Waals surface area contributed by atoms with Gasteiger partial charge in [0.05, 0.1) is 0 Å². The van der Waals surface area contributed by atoms with Crippen molar-refractivity contribution in [2.45, 2.75) is 32.4 Å². The molecule has 1 N–H and O–H groups in total. The van der Waals surface area contributed by atoms with E-state index in [1.807, 2.05) is 0 Å². The Morgan fingerprint density at radius 2 is 2.25 bits per heavy atom. The highest BCUT2D eigenvalue weighted by molar-refractivity contribution is 4.46. The zero-order valence-corrected chi connectivity index (χ0v) is 5.61. The molecule has 0 aliphatic carbocycles. The molecule has 0 aromatic rings. The maximum Gasteiger partial charge on any atom is 0.143 e. The van der Waals surface area contributed by atoms with E-state index in [4.69, 9.17) is 0 Å². The summed E-state index contributed by atoms with van der Waals surface area (Å²) in [6.45, 7) is 2.09. The Morgan fingerprint density at radius 1 is 1.62 bits per heavy atom. The summed E-state index contributed by atoms with van der Waals surface area (Å²) in [5, 5.41) is 13.2. The van der Waals surface area contributed by atoms with Gasteiger partial charge in [-0.05, 0) is 19.9 Å². The quantitative estimate of drug-likeness (QED) is 0.549. The third-order valence-electron chi connectivity index (χ3n) is 1.14. The normalized spacial score (nSPS) is 13.9. The van der Waals surface area contributed by atoms with Gasteiger partial charge in [-0.3, -0.25) is 5.32 Å². The lowest BCUT2D eigenvalue weighted by atomic mass is 10.2. The van der Waals surface area contributed by atoms with Crippen molar-refractivity contribution in [2.75, 3.05) is 7.05 Å². The highest BCUT2D eigenvalue weighted by Crippen LogP contribution is 1.96.